The zero-order chi connectivity index (χ0) is 23.0. The highest BCUT2D eigenvalue weighted by Gasteiger charge is 2.28. The maximum absolute atomic E-state index is 12.2. The number of nitrogens with one attached hydrogen (secondary N) is 1. The monoisotopic (exact) mass is 467 g/mol. The standard InChI is InChI=1S/C21H22ClNO7S/c1-4-28-21(27)19-18(12(2)24)13(3)30-20(19)23-16(25)11-29-17(26)9-10-31-15-8-6-5-7-14(15)22/h5-8H,4,9-11H2,1-3H3,(H,23,25). The Labute approximate surface area is 188 Å². The molecule has 0 aliphatic rings. The van der Waals surface area contributed by atoms with Gasteiger partial charge in [0.15, 0.2) is 12.4 Å². The van der Waals surface area contributed by atoms with E-state index in [1.165, 1.54) is 25.6 Å². The van der Waals surface area contributed by atoms with Crippen LogP contribution >= 0.6 is 23.4 Å². The van der Waals surface area contributed by atoms with E-state index in [2.05, 4.69) is 5.32 Å². The van der Waals surface area contributed by atoms with Crippen molar-refractivity contribution in [2.75, 3.05) is 24.3 Å². The first-order valence-electron chi connectivity index (χ1n) is 9.38. The molecule has 10 heteroatoms. The molecule has 0 aliphatic carbocycles. The number of benzene rings is 1. The Bertz CT molecular complexity index is 986. The number of carbonyl (C=O) groups is 4. The molecule has 1 amide bonds. The second kappa shape index (κ2) is 11.6. The number of anilines is 1. The van der Waals surface area contributed by atoms with Crippen molar-refractivity contribution in [3.63, 3.8) is 0 Å². The fraction of sp³-hybridized carbons (Fsp3) is 0.333. The van der Waals surface area contributed by atoms with Gasteiger partial charge >= 0.3 is 11.9 Å². The van der Waals surface area contributed by atoms with Gasteiger partial charge in [-0.3, -0.25) is 19.7 Å². The van der Waals surface area contributed by atoms with Crippen LogP contribution in [0.3, 0.4) is 0 Å². The average Bonchev–Trinajstić information content (AvgIpc) is 3.04. The lowest BCUT2D eigenvalue weighted by atomic mass is 10.1. The summed E-state index contributed by atoms with van der Waals surface area (Å²) in [5, 5.41) is 2.95. The third kappa shape index (κ3) is 6.86. The van der Waals surface area contributed by atoms with Crippen LogP contribution in [0.1, 0.15) is 46.7 Å². The van der Waals surface area contributed by atoms with Gasteiger partial charge in [0.1, 0.15) is 11.3 Å². The average molecular weight is 468 g/mol. The topological polar surface area (TPSA) is 112 Å². The van der Waals surface area contributed by atoms with Gasteiger partial charge in [-0.15, -0.1) is 11.8 Å². The van der Waals surface area contributed by atoms with Gasteiger partial charge in [0.05, 0.1) is 23.6 Å². The smallest absolute Gasteiger partial charge is 0.344 e. The molecule has 0 atom stereocenters. The number of hydrogen-bond acceptors (Lipinski definition) is 8. The Morgan fingerprint density at radius 1 is 1.13 bits per heavy atom. The molecule has 0 spiro atoms. The minimum absolute atomic E-state index is 0.0299. The van der Waals surface area contributed by atoms with Crippen molar-refractivity contribution in [3.8, 4) is 0 Å². The number of amides is 1. The van der Waals surface area contributed by atoms with Gasteiger partial charge < -0.3 is 13.9 Å². The van der Waals surface area contributed by atoms with Crippen molar-refractivity contribution < 1.29 is 33.1 Å². The van der Waals surface area contributed by atoms with Gasteiger partial charge in [0.2, 0.25) is 5.88 Å². The Kier molecular flexibility index (Phi) is 9.14. The maximum Gasteiger partial charge on any atom is 0.344 e. The van der Waals surface area contributed by atoms with Gasteiger partial charge in [0.25, 0.3) is 5.91 Å². The van der Waals surface area contributed by atoms with E-state index >= 15 is 0 Å². The number of thioether (sulfide) groups is 1. The lowest BCUT2D eigenvalue weighted by molar-refractivity contribution is -0.146. The summed E-state index contributed by atoms with van der Waals surface area (Å²) in [5.41, 5.74) is -0.134. The molecular formula is C21H22ClNO7S. The highest BCUT2D eigenvalue weighted by molar-refractivity contribution is 7.99. The number of ether oxygens (including phenoxy) is 2. The summed E-state index contributed by atoms with van der Waals surface area (Å²) >= 11 is 7.45. The number of Topliss-reactive ketones (excluding diaryl/α,β-unsaturated/α-hetero) is 1. The molecule has 1 heterocycles. The lowest BCUT2D eigenvalue weighted by Crippen LogP contribution is -2.22. The van der Waals surface area contributed by atoms with Crippen LogP contribution in [0.4, 0.5) is 5.88 Å². The Morgan fingerprint density at radius 3 is 2.48 bits per heavy atom. The zero-order valence-electron chi connectivity index (χ0n) is 17.3. The van der Waals surface area contributed by atoms with Crippen LogP contribution in [0.2, 0.25) is 5.02 Å². The molecule has 1 N–H and O–H groups in total. The van der Waals surface area contributed by atoms with E-state index in [0.29, 0.717) is 10.8 Å². The van der Waals surface area contributed by atoms with Crippen molar-refractivity contribution in [3.05, 3.63) is 46.2 Å². The van der Waals surface area contributed by atoms with Crippen LogP contribution < -0.4 is 5.32 Å². The van der Waals surface area contributed by atoms with Crippen LogP contribution in [0.5, 0.6) is 0 Å². The van der Waals surface area contributed by atoms with Crippen LogP contribution in [-0.4, -0.2) is 42.6 Å². The van der Waals surface area contributed by atoms with E-state index in [1.54, 1.807) is 13.0 Å². The SMILES string of the molecule is CCOC(=O)c1c(NC(=O)COC(=O)CCSc2ccccc2Cl)oc(C)c1C(C)=O. The molecule has 0 aliphatic heterocycles. The molecule has 1 aromatic carbocycles. The highest BCUT2D eigenvalue weighted by atomic mass is 35.5. The normalized spacial score (nSPS) is 10.5. The molecule has 0 bridgehead atoms. The predicted molar refractivity (Wildman–Crippen MR) is 116 cm³/mol. The quantitative estimate of drug-likeness (QED) is 0.313. The number of ketones is 1. The van der Waals surface area contributed by atoms with E-state index in [9.17, 15) is 19.2 Å². The largest absolute Gasteiger partial charge is 0.462 e. The molecule has 0 unspecified atom stereocenters. The van der Waals surface area contributed by atoms with Crippen molar-refractivity contribution >= 4 is 52.9 Å². The van der Waals surface area contributed by atoms with E-state index in [0.717, 1.165) is 4.90 Å². The molecule has 0 fully saturated rings. The van der Waals surface area contributed by atoms with Crippen molar-refractivity contribution in [1.29, 1.82) is 0 Å². The fourth-order valence-electron chi connectivity index (χ4n) is 2.64. The molecule has 0 saturated heterocycles. The lowest BCUT2D eigenvalue weighted by Gasteiger charge is -2.07. The molecule has 0 saturated carbocycles. The Balaban J connectivity index is 1.91. The summed E-state index contributed by atoms with van der Waals surface area (Å²) in [6, 6.07) is 7.25. The number of hydrogen-bond donors (Lipinski definition) is 1. The van der Waals surface area contributed by atoms with Crippen molar-refractivity contribution in [2.24, 2.45) is 0 Å². The van der Waals surface area contributed by atoms with Crippen LogP contribution in [0.25, 0.3) is 0 Å². The fourth-order valence-corrected chi connectivity index (χ4v) is 3.81. The molecule has 2 aromatic rings. The van der Waals surface area contributed by atoms with Crippen molar-refractivity contribution in [1.82, 2.24) is 0 Å². The van der Waals surface area contributed by atoms with Crippen LogP contribution in [0, 0.1) is 6.92 Å². The van der Waals surface area contributed by atoms with Gasteiger partial charge in [-0.2, -0.15) is 0 Å². The molecular weight excluding hydrogens is 446 g/mol. The van der Waals surface area contributed by atoms with Gasteiger partial charge in [-0.05, 0) is 32.9 Å². The first-order valence-corrected chi connectivity index (χ1v) is 10.7. The maximum atomic E-state index is 12.2. The van der Waals surface area contributed by atoms with E-state index in [-0.39, 0.29) is 35.8 Å². The van der Waals surface area contributed by atoms with E-state index in [4.69, 9.17) is 25.5 Å². The predicted octanol–water partition coefficient (Wildman–Crippen LogP) is 4.28. The molecule has 2 rings (SSSR count). The number of halogens is 1. The number of furan rings is 1. The van der Waals surface area contributed by atoms with Crippen molar-refractivity contribution in [2.45, 2.75) is 32.1 Å². The second-order valence-electron chi connectivity index (χ2n) is 6.25. The van der Waals surface area contributed by atoms with Gasteiger partial charge in [0, 0.05) is 10.6 Å². The Morgan fingerprint density at radius 2 is 1.84 bits per heavy atom. The summed E-state index contributed by atoms with van der Waals surface area (Å²) in [6.07, 6.45) is 0.0750. The molecule has 8 nitrogen and oxygen atoms in total. The van der Waals surface area contributed by atoms with Gasteiger partial charge in [-0.1, -0.05) is 23.7 Å². The summed E-state index contributed by atoms with van der Waals surface area (Å²) < 4.78 is 15.3. The second-order valence-corrected chi connectivity index (χ2v) is 7.80. The van der Waals surface area contributed by atoms with E-state index < -0.39 is 30.2 Å². The molecule has 0 radical (unpaired) electrons. The zero-order valence-corrected chi connectivity index (χ0v) is 18.9. The number of aryl methyl sites for hydroxylation is 1. The first kappa shape index (κ1) is 24.5. The summed E-state index contributed by atoms with van der Waals surface area (Å²) in [7, 11) is 0. The Hall–Kier alpha value is -2.78. The number of carbonyl (C=O) groups excluding carboxylic acids is 4. The highest BCUT2D eigenvalue weighted by Crippen LogP contribution is 2.29. The van der Waals surface area contributed by atoms with E-state index in [1.807, 2.05) is 18.2 Å². The summed E-state index contributed by atoms with van der Waals surface area (Å²) in [5.74, 6) is -2.13. The van der Waals surface area contributed by atoms with Crippen LogP contribution in [0.15, 0.2) is 33.6 Å². The first-order chi connectivity index (χ1) is 14.7. The number of rotatable bonds is 10. The minimum Gasteiger partial charge on any atom is -0.462 e. The summed E-state index contributed by atoms with van der Waals surface area (Å²) in [6.45, 7) is 3.88. The van der Waals surface area contributed by atoms with Gasteiger partial charge in [-0.25, -0.2) is 4.79 Å². The third-order valence-corrected chi connectivity index (χ3v) is 5.45. The molecule has 31 heavy (non-hydrogen) atoms. The minimum atomic E-state index is -0.798. The van der Waals surface area contributed by atoms with Crippen LogP contribution in [-0.2, 0) is 19.1 Å². The molecule has 166 valence electrons. The molecule has 1 aromatic heterocycles. The number of esters is 2. The summed E-state index contributed by atoms with van der Waals surface area (Å²) in [4.78, 5) is 49.0. The third-order valence-electron chi connectivity index (χ3n) is 3.93.